The monoisotopic (exact) mass is 444 g/mol. The molecule has 1 saturated carbocycles. The number of amides is 2. The summed E-state index contributed by atoms with van der Waals surface area (Å²) in [7, 11) is 1.53. The number of nitrogens with zero attached hydrogens (tertiary/aromatic N) is 1. The smallest absolute Gasteiger partial charge is 0.382 e. The summed E-state index contributed by atoms with van der Waals surface area (Å²) in [5.74, 6) is -0.459. The molecule has 0 radical (unpaired) electrons. The summed E-state index contributed by atoms with van der Waals surface area (Å²) in [6.45, 7) is 0. The van der Waals surface area contributed by atoms with Gasteiger partial charge < -0.3 is 16.0 Å². The SMILES string of the molecule is CNC(=O)c1ccc(C(=O)N[C@H]2CC[C@@H](Nc3ccc(C#N)c(C(F)(F)F)c3)CC2)cc1. The lowest BCUT2D eigenvalue weighted by molar-refractivity contribution is -0.137. The molecule has 0 aliphatic heterocycles. The summed E-state index contributed by atoms with van der Waals surface area (Å²) in [6.07, 6.45) is -1.86. The van der Waals surface area contributed by atoms with Crippen LogP contribution in [-0.2, 0) is 6.18 Å². The van der Waals surface area contributed by atoms with Crippen LogP contribution in [0.25, 0.3) is 0 Å². The van der Waals surface area contributed by atoms with E-state index in [1.807, 2.05) is 0 Å². The number of rotatable bonds is 5. The van der Waals surface area contributed by atoms with Crippen LogP contribution in [0.2, 0.25) is 0 Å². The quantitative estimate of drug-likeness (QED) is 0.648. The number of hydrogen-bond acceptors (Lipinski definition) is 4. The topological polar surface area (TPSA) is 94.0 Å². The molecule has 0 spiro atoms. The normalized spacial score (nSPS) is 18.3. The lowest BCUT2D eigenvalue weighted by Crippen LogP contribution is -2.40. The van der Waals surface area contributed by atoms with Crippen LogP contribution in [0.4, 0.5) is 18.9 Å². The van der Waals surface area contributed by atoms with Gasteiger partial charge in [0, 0.05) is 35.9 Å². The van der Waals surface area contributed by atoms with Crippen molar-refractivity contribution in [1.82, 2.24) is 10.6 Å². The molecule has 0 unspecified atom stereocenters. The van der Waals surface area contributed by atoms with Gasteiger partial charge in [-0.25, -0.2) is 0 Å². The van der Waals surface area contributed by atoms with Gasteiger partial charge in [0.05, 0.1) is 17.2 Å². The molecule has 0 heterocycles. The van der Waals surface area contributed by atoms with Crippen molar-refractivity contribution in [3.8, 4) is 6.07 Å². The Hall–Kier alpha value is -3.54. The Kier molecular flexibility index (Phi) is 7.03. The lowest BCUT2D eigenvalue weighted by Gasteiger charge is -2.30. The zero-order valence-electron chi connectivity index (χ0n) is 17.4. The molecule has 2 amide bonds. The molecular formula is C23H23F3N4O2. The van der Waals surface area contributed by atoms with Gasteiger partial charge in [0.2, 0.25) is 0 Å². The Morgan fingerprint density at radius 2 is 1.50 bits per heavy atom. The van der Waals surface area contributed by atoms with Gasteiger partial charge in [0.25, 0.3) is 11.8 Å². The molecule has 1 aliphatic rings. The fourth-order valence-electron chi connectivity index (χ4n) is 3.77. The van der Waals surface area contributed by atoms with Crippen molar-refractivity contribution in [3.63, 3.8) is 0 Å². The second-order valence-corrected chi connectivity index (χ2v) is 7.69. The Morgan fingerprint density at radius 3 is 2.03 bits per heavy atom. The molecule has 0 atom stereocenters. The van der Waals surface area contributed by atoms with Crippen LogP contribution in [0.15, 0.2) is 42.5 Å². The van der Waals surface area contributed by atoms with Crippen LogP contribution in [0, 0.1) is 11.3 Å². The Morgan fingerprint density at radius 1 is 0.938 bits per heavy atom. The second kappa shape index (κ2) is 9.73. The largest absolute Gasteiger partial charge is 0.417 e. The summed E-state index contributed by atoms with van der Waals surface area (Å²) in [5.41, 5.74) is -0.117. The number of nitrogens with one attached hydrogen (secondary N) is 3. The molecular weight excluding hydrogens is 421 g/mol. The number of alkyl halides is 3. The highest BCUT2D eigenvalue weighted by Crippen LogP contribution is 2.34. The van der Waals surface area contributed by atoms with Crippen molar-refractivity contribution in [2.75, 3.05) is 12.4 Å². The number of hydrogen-bond donors (Lipinski definition) is 3. The fraction of sp³-hybridized carbons (Fsp3) is 0.348. The van der Waals surface area contributed by atoms with Gasteiger partial charge >= 0.3 is 6.18 Å². The number of benzene rings is 2. The number of nitriles is 1. The highest BCUT2D eigenvalue weighted by atomic mass is 19.4. The third-order valence-corrected chi connectivity index (χ3v) is 5.51. The second-order valence-electron chi connectivity index (χ2n) is 7.69. The molecule has 2 aromatic carbocycles. The average Bonchev–Trinajstić information content (AvgIpc) is 2.79. The molecule has 0 saturated heterocycles. The van der Waals surface area contributed by atoms with E-state index in [4.69, 9.17) is 5.26 Å². The first-order chi connectivity index (χ1) is 15.2. The first-order valence-corrected chi connectivity index (χ1v) is 10.2. The third kappa shape index (κ3) is 5.58. The van der Waals surface area contributed by atoms with Gasteiger partial charge in [0.15, 0.2) is 0 Å². The van der Waals surface area contributed by atoms with E-state index in [9.17, 15) is 22.8 Å². The van der Waals surface area contributed by atoms with Gasteiger partial charge in [-0.1, -0.05) is 0 Å². The van der Waals surface area contributed by atoms with Crippen molar-refractivity contribution in [3.05, 3.63) is 64.7 Å². The predicted molar refractivity (Wildman–Crippen MR) is 113 cm³/mol. The van der Waals surface area contributed by atoms with Crippen LogP contribution in [0.3, 0.4) is 0 Å². The van der Waals surface area contributed by atoms with Gasteiger partial charge in [-0.15, -0.1) is 0 Å². The van der Waals surface area contributed by atoms with Crippen molar-refractivity contribution in [1.29, 1.82) is 5.26 Å². The molecule has 32 heavy (non-hydrogen) atoms. The van der Waals surface area contributed by atoms with E-state index in [0.29, 0.717) is 42.5 Å². The van der Waals surface area contributed by atoms with E-state index in [1.54, 1.807) is 30.3 Å². The van der Waals surface area contributed by atoms with Crippen molar-refractivity contribution in [2.24, 2.45) is 0 Å². The van der Waals surface area contributed by atoms with Gasteiger partial charge in [0.1, 0.15) is 0 Å². The van der Waals surface area contributed by atoms with Gasteiger partial charge in [-0.05, 0) is 68.1 Å². The molecule has 1 aliphatic carbocycles. The van der Waals surface area contributed by atoms with Crippen molar-refractivity contribution < 1.29 is 22.8 Å². The van der Waals surface area contributed by atoms with Crippen LogP contribution in [0.5, 0.6) is 0 Å². The van der Waals surface area contributed by atoms with Gasteiger partial charge in [-0.3, -0.25) is 9.59 Å². The Balaban J connectivity index is 1.54. The molecule has 3 rings (SSSR count). The van der Waals surface area contributed by atoms with Crippen molar-refractivity contribution >= 4 is 17.5 Å². The summed E-state index contributed by atoms with van der Waals surface area (Å²) >= 11 is 0. The average molecular weight is 444 g/mol. The predicted octanol–water partition coefficient (Wildman–Crippen LogP) is 4.09. The molecule has 168 valence electrons. The van der Waals surface area contributed by atoms with E-state index in [2.05, 4.69) is 16.0 Å². The Labute approximate surface area is 183 Å². The fourth-order valence-corrected chi connectivity index (χ4v) is 3.77. The highest BCUT2D eigenvalue weighted by Gasteiger charge is 2.34. The Bertz CT molecular complexity index is 1020. The first kappa shape index (κ1) is 23.1. The maximum Gasteiger partial charge on any atom is 0.417 e. The zero-order chi connectivity index (χ0) is 23.3. The summed E-state index contributed by atoms with van der Waals surface area (Å²) in [4.78, 5) is 24.1. The maximum absolute atomic E-state index is 13.1. The van der Waals surface area contributed by atoms with E-state index < -0.39 is 17.3 Å². The minimum absolute atomic E-state index is 0.0241. The number of anilines is 1. The number of halogens is 3. The minimum atomic E-state index is -4.59. The summed E-state index contributed by atoms with van der Waals surface area (Å²) < 4.78 is 39.4. The van der Waals surface area contributed by atoms with Gasteiger partial charge in [-0.2, -0.15) is 18.4 Å². The third-order valence-electron chi connectivity index (χ3n) is 5.51. The number of carbonyl (C=O) groups is 2. The van der Waals surface area contributed by atoms with Crippen LogP contribution >= 0.6 is 0 Å². The standard InChI is InChI=1S/C23H23F3N4O2/c1-28-21(31)14-2-4-15(5-3-14)22(32)30-18-10-8-17(9-11-18)29-19-7-6-16(13-27)20(12-19)23(24,25)26/h2-7,12,17-18,29H,8-11H2,1H3,(H,28,31)(H,30,32)/t17-,18+. The molecule has 9 heteroatoms. The molecule has 2 aromatic rings. The van der Waals surface area contributed by atoms with Crippen LogP contribution in [0.1, 0.15) is 57.5 Å². The van der Waals surface area contributed by atoms with E-state index in [-0.39, 0.29) is 23.9 Å². The minimum Gasteiger partial charge on any atom is -0.382 e. The van der Waals surface area contributed by atoms with Crippen LogP contribution < -0.4 is 16.0 Å². The van der Waals surface area contributed by atoms with Crippen molar-refractivity contribution in [2.45, 2.75) is 43.9 Å². The van der Waals surface area contributed by atoms with E-state index in [1.165, 1.54) is 19.2 Å². The maximum atomic E-state index is 13.1. The molecule has 0 bridgehead atoms. The summed E-state index contributed by atoms with van der Waals surface area (Å²) in [5, 5.41) is 17.5. The lowest BCUT2D eigenvalue weighted by atomic mass is 9.90. The summed E-state index contributed by atoms with van der Waals surface area (Å²) in [6, 6.07) is 11.5. The van der Waals surface area contributed by atoms with Crippen LogP contribution in [-0.4, -0.2) is 30.9 Å². The molecule has 0 aromatic heterocycles. The first-order valence-electron chi connectivity index (χ1n) is 10.2. The number of carbonyl (C=O) groups excluding carboxylic acids is 2. The van der Waals surface area contributed by atoms with E-state index in [0.717, 1.165) is 6.07 Å². The molecule has 3 N–H and O–H groups in total. The molecule has 6 nitrogen and oxygen atoms in total. The van der Waals surface area contributed by atoms with E-state index >= 15 is 0 Å². The zero-order valence-corrected chi connectivity index (χ0v) is 17.4. The molecule has 1 fully saturated rings. The highest BCUT2D eigenvalue weighted by molar-refractivity contribution is 5.97.